The maximum atomic E-state index is 11.7. The number of imidazole rings is 1. The molecule has 8 nitrogen and oxygen atoms in total. The van der Waals surface area contributed by atoms with E-state index in [1.54, 1.807) is 0 Å². The highest BCUT2D eigenvalue weighted by atomic mass is 35.5. The normalized spacial score (nSPS) is 10.7. The molecule has 0 atom stereocenters. The maximum Gasteiger partial charge on any atom is 0.361 e. The molecule has 0 aliphatic heterocycles. The van der Waals surface area contributed by atoms with Crippen molar-refractivity contribution in [2.45, 2.75) is 0 Å². The van der Waals surface area contributed by atoms with Crippen LogP contribution in [-0.2, 0) is 0 Å². The molecule has 17 heavy (non-hydrogen) atoms. The van der Waals surface area contributed by atoms with Gasteiger partial charge in [0.2, 0.25) is 0 Å². The van der Waals surface area contributed by atoms with Crippen LogP contribution in [0.1, 0.15) is 0 Å². The highest BCUT2D eigenvalue weighted by Gasteiger charge is 2.21. The van der Waals surface area contributed by atoms with Crippen molar-refractivity contribution in [1.82, 2.24) is 16.8 Å². The van der Waals surface area contributed by atoms with E-state index in [2.05, 4.69) is 0 Å². The first-order valence-corrected chi connectivity index (χ1v) is 4.87. The lowest BCUT2D eigenvalue weighted by Crippen LogP contribution is -2.36. The fourth-order valence-corrected chi connectivity index (χ4v) is 2.02. The Kier molecular flexibility index (Phi) is 2.54. The molecule has 2 aromatic heterocycles. The van der Waals surface area contributed by atoms with Crippen LogP contribution < -0.4 is 16.9 Å². The molecule has 0 aliphatic rings. The maximum absolute atomic E-state index is 11.7. The summed E-state index contributed by atoms with van der Waals surface area (Å²) in [5.74, 6) is 0. The van der Waals surface area contributed by atoms with Crippen LogP contribution in [0.2, 0.25) is 0 Å². The molecule has 0 aliphatic carbocycles. The lowest BCUT2D eigenvalue weighted by molar-refractivity contribution is 0.879. The van der Waals surface area contributed by atoms with Gasteiger partial charge in [0.05, 0.1) is 0 Å². The number of aromatic nitrogens is 4. The summed E-state index contributed by atoms with van der Waals surface area (Å²) in [5.41, 5.74) is -4.10. The quantitative estimate of drug-likeness (QED) is 0.652. The molecule has 0 aromatic carbocycles. The molecule has 0 saturated carbocycles. The van der Waals surface area contributed by atoms with Gasteiger partial charge in [0, 0.05) is 35.3 Å². The van der Waals surface area contributed by atoms with Crippen LogP contribution in [0, 0.1) is 11.5 Å². The molecule has 0 radical (unpaired) electrons. The molecule has 0 fully saturated rings. The van der Waals surface area contributed by atoms with Gasteiger partial charge >= 0.3 is 11.4 Å². The summed E-state index contributed by atoms with van der Waals surface area (Å²) < 4.78 is 1.27. The number of fused-ring (bicyclic) bond motifs is 1. The van der Waals surface area contributed by atoms with Gasteiger partial charge < -0.3 is 0 Å². The zero-order valence-corrected chi connectivity index (χ0v) is 9.86. The van der Waals surface area contributed by atoms with Gasteiger partial charge in [-0.15, -0.1) is 0 Å². The van der Waals surface area contributed by atoms with Gasteiger partial charge in [-0.05, 0) is 0 Å². The topological polar surface area (TPSA) is 94.7 Å². The minimum absolute atomic E-state index is 0.143. The Hall–Kier alpha value is -1.69. The summed E-state index contributed by atoms with van der Waals surface area (Å²) in [6.45, 7) is 0. The van der Waals surface area contributed by atoms with Crippen LogP contribution in [0.4, 0.5) is 0 Å². The highest BCUT2D eigenvalue weighted by Crippen LogP contribution is 2.10. The Balaban J connectivity index is 3.36. The van der Waals surface area contributed by atoms with E-state index in [0.29, 0.717) is 12.3 Å². The SMILES string of the molecule is N#Cn1c(=O)c2c(n(Cl)c1=O)n(Cl)c(=O)n2Cl. The number of hydrogen-bond donors (Lipinski definition) is 0. The van der Waals surface area contributed by atoms with Gasteiger partial charge in [-0.2, -0.15) is 22.1 Å². The lowest BCUT2D eigenvalue weighted by atomic mass is 10.5. The van der Waals surface area contributed by atoms with Crippen molar-refractivity contribution in [2.24, 2.45) is 0 Å². The molecule has 0 amide bonds. The molecule has 2 aromatic rings. The zero-order chi connectivity index (χ0) is 12.9. The number of hydrogen-bond acceptors (Lipinski definition) is 4. The predicted molar refractivity (Wildman–Crippen MR) is 59.5 cm³/mol. The molecule has 2 heterocycles. The van der Waals surface area contributed by atoms with Crippen LogP contribution >= 0.6 is 35.3 Å². The van der Waals surface area contributed by atoms with Crippen molar-refractivity contribution in [2.75, 3.05) is 0 Å². The van der Waals surface area contributed by atoms with E-state index in [1.165, 1.54) is 6.19 Å². The summed E-state index contributed by atoms with van der Waals surface area (Å²) in [5, 5.41) is 8.62. The summed E-state index contributed by atoms with van der Waals surface area (Å²) >= 11 is 16.6. The van der Waals surface area contributed by atoms with Crippen molar-refractivity contribution in [1.29, 1.82) is 5.26 Å². The van der Waals surface area contributed by atoms with Crippen LogP contribution in [0.15, 0.2) is 14.4 Å². The first-order valence-electron chi connectivity index (χ1n) is 3.86. The second-order valence-electron chi connectivity index (χ2n) is 2.82. The van der Waals surface area contributed by atoms with E-state index in [4.69, 9.17) is 40.6 Å². The second-order valence-corrected chi connectivity index (χ2v) is 3.83. The predicted octanol–water partition coefficient (Wildman–Crippen LogP) is -0.539. The minimum atomic E-state index is -1.15. The van der Waals surface area contributed by atoms with Crippen molar-refractivity contribution >= 4 is 46.5 Å². The van der Waals surface area contributed by atoms with Gasteiger partial charge in [-0.3, -0.25) is 4.79 Å². The zero-order valence-electron chi connectivity index (χ0n) is 7.59. The van der Waals surface area contributed by atoms with Crippen molar-refractivity contribution < 1.29 is 0 Å². The molecular weight excluding hydrogens is 296 g/mol. The van der Waals surface area contributed by atoms with Gasteiger partial charge in [-0.25, -0.2) is 9.59 Å². The van der Waals surface area contributed by atoms with Gasteiger partial charge in [0.1, 0.15) is 0 Å². The summed E-state index contributed by atoms with van der Waals surface area (Å²) in [7, 11) is 0. The number of rotatable bonds is 0. The molecule has 11 heteroatoms. The molecule has 2 rings (SSSR count). The van der Waals surface area contributed by atoms with E-state index < -0.39 is 28.1 Å². The Morgan fingerprint density at radius 2 is 1.47 bits per heavy atom. The fourth-order valence-electron chi connectivity index (χ4n) is 1.25. The first-order chi connectivity index (χ1) is 7.91. The monoisotopic (exact) mass is 295 g/mol. The molecule has 0 unspecified atom stereocenters. The molecule has 0 bridgehead atoms. The third-order valence-corrected chi connectivity index (χ3v) is 2.90. The summed E-state index contributed by atoms with van der Waals surface area (Å²) in [6.07, 6.45) is 1.31. The van der Waals surface area contributed by atoms with E-state index in [9.17, 15) is 14.4 Å². The average molecular weight is 296 g/mol. The van der Waals surface area contributed by atoms with Crippen molar-refractivity contribution in [3.8, 4) is 6.19 Å². The third kappa shape index (κ3) is 1.33. The van der Waals surface area contributed by atoms with E-state index in [-0.39, 0.29) is 4.57 Å². The van der Waals surface area contributed by atoms with Gasteiger partial charge in [0.15, 0.2) is 17.4 Å². The first kappa shape index (κ1) is 11.8. The molecular formula is C6Cl3N5O3. The van der Waals surface area contributed by atoms with Crippen LogP contribution in [0.25, 0.3) is 11.2 Å². The Morgan fingerprint density at radius 1 is 0.941 bits per heavy atom. The van der Waals surface area contributed by atoms with Crippen LogP contribution in [0.5, 0.6) is 0 Å². The standard InChI is InChI=1S/C6Cl3N5O3/c7-12-2-3(14(9)6(12)17)13(8)5(16)11(1-10)4(2)15. The van der Waals surface area contributed by atoms with Crippen LogP contribution in [0.3, 0.4) is 0 Å². The Labute approximate surface area is 106 Å². The van der Waals surface area contributed by atoms with Crippen molar-refractivity contribution in [3.63, 3.8) is 0 Å². The second kappa shape index (κ2) is 3.66. The largest absolute Gasteiger partial charge is 0.361 e. The molecule has 0 N–H and O–H groups in total. The summed E-state index contributed by atoms with van der Waals surface area (Å²) in [4.78, 5) is 34.5. The van der Waals surface area contributed by atoms with Gasteiger partial charge in [-0.1, -0.05) is 0 Å². The van der Waals surface area contributed by atoms with E-state index >= 15 is 0 Å². The van der Waals surface area contributed by atoms with E-state index in [1.807, 2.05) is 0 Å². The number of nitrogens with zero attached hydrogens (tertiary/aromatic N) is 5. The van der Waals surface area contributed by atoms with E-state index in [0.717, 1.165) is 0 Å². The smallest absolute Gasteiger partial charge is 0.265 e. The lowest BCUT2D eigenvalue weighted by Gasteiger charge is -1.99. The Morgan fingerprint density at radius 3 is 2.00 bits per heavy atom. The Bertz CT molecular complexity index is 847. The minimum Gasteiger partial charge on any atom is -0.265 e. The van der Waals surface area contributed by atoms with Crippen LogP contribution in [-0.4, -0.2) is 16.8 Å². The van der Waals surface area contributed by atoms with Gasteiger partial charge in [0.25, 0.3) is 5.56 Å². The third-order valence-electron chi connectivity index (χ3n) is 1.98. The highest BCUT2D eigenvalue weighted by molar-refractivity contribution is 6.25. The van der Waals surface area contributed by atoms with Crippen molar-refractivity contribution in [3.05, 3.63) is 31.3 Å². The number of nitriles is 1. The molecule has 88 valence electrons. The summed E-state index contributed by atoms with van der Waals surface area (Å²) in [6, 6.07) is 0. The average Bonchev–Trinajstić information content (AvgIpc) is 2.52. The molecule has 0 spiro atoms. The number of halogens is 3. The molecule has 0 saturated heterocycles. The fraction of sp³-hybridized carbons (Fsp3) is 0.